The Morgan fingerprint density at radius 3 is 1.11 bits per heavy atom. The van der Waals surface area contributed by atoms with E-state index in [4.69, 9.17) is 9.84 Å². The Balaban J connectivity index is 0. The van der Waals surface area contributed by atoms with Crippen molar-refractivity contribution < 1.29 is 29.0 Å². The van der Waals surface area contributed by atoms with Gasteiger partial charge in [-0.15, -0.1) is 0 Å². The SMILES string of the molecule is CCCCC/C=C\C/C=C\CCCCCCCC(=O)OC(=O)CCCCCCC/C=C\C/C=C\CCCCC.CCOC(=O)O. The second-order valence-corrected chi connectivity index (χ2v) is 11.5. The number of carbonyl (C=O) groups is 3. The second kappa shape index (κ2) is 39.4. The maximum absolute atomic E-state index is 11.9. The molecule has 0 aromatic rings. The Labute approximate surface area is 276 Å². The van der Waals surface area contributed by atoms with E-state index >= 15 is 0 Å². The van der Waals surface area contributed by atoms with E-state index in [1.807, 2.05) is 0 Å². The number of hydrogen-bond acceptors (Lipinski definition) is 5. The molecular weight excluding hydrogens is 564 g/mol. The Kier molecular flexibility index (Phi) is 39.0. The van der Waals surface area contributed by atoms with Gasteiger partial charge in [-0.25, -0.2) is 4.79 Å². The fourth-order valence-corrected chi connectivity index (χ4v) is 4.51. The molecule has 0 unspecified atom stereocenters. The molecular formula is C39H68O6. The maximum atomic E-state index is 11.9. The summed E-state index contributed by atoms with van der Waals surface area (Å²) in [7, 11) is 0. The monoisotopic (exact) mass is 633 g/mol. The molecule has 1 N–H and O–H groups in total. The average Bonchev–Trinajstić information content (AvgIpc) is 3.01. The van der Waals surface area contributed by atoms with Gasteiger partial charge in [0.1, 0.15) is 0 Å². The molecule has 0 rings (SSSR count). The Hall–Kier alpha value is -2.63. The third-order valence-corrected chi connectivity index (χ3v) is 7.16. The molecule has 0 aliphatic heterocycles. The number of hydrogen-bond donors (Lipinski definition) is 1. The highest BCUT2D eigenvalue weighted by Crippen LogP contribution is 2.11. The van der Waals surface area contributed by atoms with Crippen molar-refractivity contribution in [2.75, 3.05) is 6.61 Å². The van der Waals surface area contributed by atoms with Crippen LogP contribution in [0, 0.1) is 0 Å². The molecule has 0 atom stereocenters. The van der Waals surface area contributed by atoms with Gasteiger partial charge in [-0.2, -0.15) is 0 Å². The number of rotatable bonds is 29. The molecule has 0 aromatic carbocycles. The Morgan fingerprint density at radius 1 is 0.467 bits per heavy atom. The summed E-state index contributed by atoms with van der Waals surface area (Å²) in [5, 5.41) is 7.69. The molecule has 0 saturated heterocycles. The van der Waals surface area contributed by atoms with Crippen LogP contribution in [0.4, 0.5) is 4.79 Å². The topological polar surface area (TPSA) is 89.9 Å². The summed E-state index contributed by atoms with van der Waals surface area (Å²) in [6, 6.07) is 0. The van der Waals surface area contributed by atoms with Crippen molar-refractivity contribution in [2.24, 2.45) is 0 Å². The lowest BCUT2D eigenvalue weighted by atomic mass is 10.1. The Bertz CT molecular complexity index is 724. The van der Waals surface area contributed by atoms with E-state index in [1.54, 1.807) is 6.92 Å². The predicted octanol–water partition coefficient (Wildman–Crippen LogP) is 12.4. The predicted molar refractivity (Wildman–Crippen MR) is 189 cm³/mol. The third kappa shape index (κ3) is 43.6. The van der Waals surface area contributed by atoms with Crippen LogP contribution in [0.25, 0.3) is 0 Å². The quantitative estimate of drug-likeness (QED) is 0.0382. The van der Waals surface area contributed by atoms with E-state index in [2.05, 4.69) is 67.2 Å². The smallest absolute Gasteiger partial charge is 0.450 e. The second-order valence-electron chi connectivity index (χ2n) is 11.5. The van der Waals surface area contributed by atoms with Gasteiger partial charge in [-0.3, -0.25) is 9.59 Å². The van der Waals surface area contributed by atoms with Crippen molar-refractivity contribution in [3.8, 4) is 0 Å². The van der Waals surface area contributed by atoms with E-state index in [0.29, 0.717) is 12.8 Å². The van der Waals surface area contributed by atoms with Crippen molar-refractivity contribution in [3.63, 3.8) is 0 Å². The summed E-state index contributed by atoms with van der Waals surface area (Å²) in [6.07, 6.45) is 43.1. The lowest BCUT2D eigenvalue weighted by Crippen LogP contribution is -2.11. The van der Waals surface area contributed by atoms with Crippen LogP contribution in [-0.4, -0.2) is 29.8 Å². The van der Waals surface area contributed by atoms with Crippen LogP contribution in [0.3, 0.4) is 0 Å². The van der Waals surface area contributed by atoms with Gasteiger partial charge in [-0.1, -0.05) is 127 Å². The van der Waals surface area contributed by atoms with Crippen LogP contribution >= 0.6 is 0 Å². The van der Waals surface area contributed by atoms with Gasteiger partial charge in [0.2, 0.25) is 0 Å². The van der Waals surface area contributed by atoms with Crippen LogP contribution in [0.5, 0.6) is 0 Å². The normalized spacial score (nSPS) is 11.4. The van der Waals surface area contributed by atoms with Crippen LogP contribution in [0.2, 0.25) is 0 Å². The molecule has 0 fully saturated rings. The van der Waals surface area contributed by atoms with Crippen molar-refractivity contribution in [1.82, 2.24) is 0 Å². The summed E-state index contributed by atoms with van der Waals surface area (Å²) in [5.41, 5.74) is 0. The van der Waals surface area contributed by atoms with E-state index in [9.17, 15) is 14.4 Å². The molecule has 0 amide bonds. The molecule has 45 heavy (non-hydrogen) atoms. The number of ether oxygens (including phenoxy) is 2. The van der Waals surface area contributed by atoms with Crippen molar-refractivity contribution in [1.29, 1.82) is 0 Å². The molecule has 0 aromatic heterocycles. The first-order valence-corrected chi connectivity index (χ1v) is 18.2. The van der Waals surface area contributed by atoms with Gasteiger partial charge >= 0.3 is 18.1 Å². The fraction of sp³-hybridized carbons (Fsp3) is 0.718. The first kappa shape index (κ1) is 44.5. The molecule has 0 spiro atoms. The number of carboxylic acid groups (broad SMARTS) is 1. The van der Waals surface area contributed by atoms with Gasteiger partial charge in [-0.05, 0) is 84.0 Å². The van der Waals surface area contributed by atoms with Crippen LogP contribution in [0.1, 0.15) is 175 Å². The zero-order valence-electron chi connectivity index (χ0n) is 29.3. The minimum Gasteiger partial charge on any atom is -0.450 e. The molecule has 0 radical (unpaired) electrons. The summed E-state index contributed by atoms with van der Waals surface area (Å²) < 4.78 is 8.94. The third-order valence-electron chi connectivity index (χ3n) is 7.16. The molecule has 0 heterocycles. The van der Waals surface area contributed by atoms with Crippen LogP contribution < -0.4 is 0 Å². The molecule has 0 aliphatic carbocycles. The summed E-state index contributed by atoms with van der Waals surface area (Å²) in [6.45, 7) is 6.33. The molecule has 0 saturated carbocycles. The number of carbonyl (C=O) groups excluding carboxylic acids is 2. The minimum atomic E-state index is -1.21. The summed E-state index contributed by atoms with van der Waals surface area (Å²) in [5.74, 6) is -0.707. The number of esters is 2. The summed E-state index contributed by atoms with van der Waals surface area (Å²) >= 11 is 0. The molecule has 260 valence electrons. The van der Waals surface area contributed by atoms with Gasteiger partial charge in [0.15, 0.2) is 0 Å². The highest BCUT2D eigenvalue weighted by atomic mass is 16.7. The standard InChI is InChI=1S/C36H62O3.C3H6O3/c1-3-5-7-9-11-13-15-17-19-21-23-25-27-29-31-33-35(37)39-36(38)34-32-30-28-26-24-22-20-18-16-14-12-10-8-6-4-2;1-2-6-3(4)5/h11-14,17-20H,3-10,15-16,21-34H2,1-2H3;2H2,1H3,(H,4,5)/b13-11-,14-12-,19-17-,20-18-;. The number of allylic oxidation sites excluding steroid dienone is 8. The molecule has 0 bridgehead atoms. The first-order valence-electron chi connectivity index (χ1n) is 18.2. The van der Waals surface area contributed by atoms with E-state index in [-0.39, 0.29) is 18.5 Å². The average molecular weight is 633 g/mol. The van der Waals surface area contributed by atoms with Gasteiger partial charge < -0.3 is 14.6 Å². The Morgan fingerprint density at radius 2 is 0.800 bits per heavy atom. The first-order chi connectivity index (χ1) is 22.0. The highest BCUT2D eigenvalue weighted by Gasteiger charge is 2.09. The fourth-order valence-electron chi connectivity index (χ4n) is 4.51. The minimum absolute atomic E-state index is 0.231. The zero-order valence-corrected chi connectivity index (χ0v) is 29.3. The maximum Gasteiger partial charge on any atom is 0.505 e. The van der Waals surface area contributed by atoms with Gasteiger partial charge in [0, 0.05) is 12.8 Å². The van der Waals surface area contributed by atoms with Gasteiger partial charge in [0.25, 0.3) is 0 Å². The number of unbranched alkanes of at least 4 members (excludes halogenated alkanes) is 16. The summed E-state index contributed by atoms with van der Waals surface area (Å²) in [4.78, 5) is 33.1. The van der Waals surface area contributed by atoms with Crippen molar-refractivity contribution in [3.05, 3.63) is 48.6 Å². The lowest BCUT2D eigenvalue weighted by Gasteiger charge is -2.04. The van der Waals surface area contributed by atoms with Crippen molar-refractivity contribution >= 4 is 18.1 Å². The van der Waals surface area contributed by atoms with Crippen molar-refractivity contribution in [2.45, 2.75) is 175 Å². The van der Waals surface area contributed by atoms with E-state index in [0.717, 1.165) is 64.2 Å². The van der Waals surface area contributed by atoms with E-state index < -0.39 is 6.16 Å². The lowest BCUT2D eigenvalue weighted by molar-refractivity contribution is -0.159. The molecule has 6 heteroatoms. The van der Waals surface area contributed by atoms with Gasteiger partial charge in [0.05, 0.1) is 6.61 Å². The molecule has 0 aliphatic rings. The van der Waals surface area contributed by atoms with Crippen LogP contribution in [-0.2, 0) is 19.1 Å². The van der Waals surface area contributed by atoms with E-state index in [1.165, 1.54) is 77.0 Å². The largest absolute Gasteiger partial charge is 0.505 e. The van der Waals surface area contributed by atoms with Crippen LogP contribution in [0.15, 0.2) is 48.6 Å². The highest BCUT2D eigenvalue weighted by molar-refractivity contribution is 5.85. The zero-order chi connectivity index (χ0) is 33.5. The molecule has 6 nitrogen and oxygen atoms in total.